The fourth-order valence-corrected chi connectivity index (χ4v) is 2.58. The first-order chi connectivity index (χ1) is 8.18. The molecule has 1 aliphatic rings. The van der Waals surface area contributed by atoms with Crippen molar-refractivity contribution in [2.75, 3.05) is 37.8 Å². The molecule has 1 fully saturated rings. The summed E-state index contributed by atoms with van der Waals surface area (Å²) in [5.41, 5.74) is 0. The fourth-order valence-electron chi connectivity index (χ4n) is 1.63. The topological polar surface area (TPSA) is 50.4 Å². The Balaban J connectivity index is 1.97. The highest BCUT2D eigenvalue weighted by Gasteiger charge is 2.16. The number of hydrogen-bond acceptors (Lipinski definition) is 4. The third kappa shape index (κ3) is 7.63. The smallest absolute Gasteiger partial charge is 0.221 e. The number of rotatable bonds is 7. The van der Waals surface area contributed by atoms with Gasteiger partial charge in [-0.05, 0) is 5.92 Å². The predicted molar refractivity (Wildman–Crippen MR) is 72.4 cm³/mol. The van der Waals surface area contributed by atoms with Gasteiger partial charge < -0.3 is 15.4 Å². The lowest BCUT2D eigenvalue weighted by atomic mass is 10.2. The molecule has 1 amide bonds. The zero-order chi connectivity index (χ0) is 12.5. The van der Waals surface area contributed by atoms with E-state index in [1.165, 1.54) is 0 Å². The first-order valence-corrected chi connectivity index (χ1v) is 7.49. The van der Waals surface area contributed by atoms with Crippen LogP contribution in [0, 0.1) is 5.92 Å². The van der Waals surface area contributed by atoms with Crippen molar-refractivity contribution >= 4 is 17.7 Å². The molecule has 0 radical (unpaired) electrons. The summed E-state index contributed by atoms with van der Waals surface area (Å²) in [5.74, 6) is 2.87. The van der Waals surface area contributed by atoms with Crippen LogP contribution in [0.15, 0.2) is 0 Å². The molecule has 0 aromatic rings. The molecule has 1 atom stereocenters. The summed E-state index contributed by atoms with van der Waals surface area (Å²) in [6, 6.07) is 0.338. The Morgan fingerprint density at radius 1 is 1.59 bits per heavy atom. The van der Waals surface area contributed by atoms with Crippen LogP contribution in [0.5, 0.6) is 0 Å². The van der Waals surface area contributed by atoms with E-state index in [9.17, 15) is 4.79 Å². The van der Waals surface area contributed by atoms with Gasteiger partial charge in [0, 0.05) is 43.7 Å². The summed E-state index contributed by atoms with van der Waals surface area (Å²) in [6.07, 6.45) is 0.581. The van der Waals surface area contributed by atoms with Crippen LogP contribution in [0.2, 0.25) is 0 Å². The minimum Gasteiger partial charge on any atom is -0.379 e. The fraction of sp³-hybridized carbons (Fsp3) is 0.917. The molecule has 0 bridgehead atoms. The molecule has 1 unspecified atom stereocenters. The predicted octanol–water partition coefficient (Wildman–Crippen LogP) is 0.870. The van der Waals surface area contributed by atoms with E-state index in [0.717, 1.165) is 24.7 Å². The van der Waals surface area contributed by atoms with E-state index in [4.69, 9.17) is 4.74 Å². The van der Waals surface area contributed by atoms with Crippen molar-refractivity contribution in [3.63, 3.8) is 0 Å². The largest absolute Gasteiger partial charge is 0.379 e. The van der Waals surface area contributed by atoms with E-state index in [2.05, 4.69) is 24.5 Å². The van der Waals surface area contributed by atoms with Gasteiger partial charge in [0.25, 0.3) is 0 Å². The van der Waals surface area contributed by atoms with Gasteiger partial charge in [-0.3, -0.25) is 4.79 Å². The van der Waals surface area contributed by atoms with Gasteiger partial charge in [0.05, 0.1) is 6.61 Å². The summed E-state index contributed by atoms with van der Waals surface area (Å²) < 4.78 is 5.40. The summed E-state index contributed by atoms with van der Waals surface area (Å²) in [5, 5.41) is 6.24. The molecule has 4 nitrogen and oxygen atoms in total. The molecular weight excluding hydrogens is 236 g/mol. The molecule has 1 aliphatic heterocycles. The Morgan fingerprint density at radius 3 is 3.06 bits per heavy atom. The van der Waals surface area contributed by atoms with Crippen LogP contribution in [0.3, 0.4) is 0 Å². The molecule has 0 saturated carbocycles. The number of hydrogen-bond donors (Lipinski definition) is 2. The van der Waals surface area contributed by atoms with Crippen LogP contribution in [0.1, 0.15) is 20.3 Å². The zero-order valence-corrected chi connectivity index (χ0v) is 11.6. The van der Waals surface area contributed by atoms with Crippen LogP contribution >= 0.6 is 11.8 Å². The lowest BCUT2D eigenvalue weighted by Crippen LogP contribution is -2.41. The maximum atomic E-state index is 11.6. The Kier molecular flexibility index (Phi) is 7.64. The second-order valence-electron chi connectivity index (χ2n) is 4.75. The molecule has 2 N–H and O–H groups in total. The van der Waals surface area contributed by atoms with Crippen molar-refractivity contribution in [3.8, 4) is 0 Å². The minimum atomic E-state index is 0.123. The summed E-state index contributed by atoms with van der Waals surface area (Å²) in [7, 11) is 0. The van der Waals surface area contributed by atoms with Gasteiger partial charge in [-0.2, -0.15) is 11.8 Å². The standard InChI is InChI=1S/C12H24N2O2S/c1-10(2)8-16-5-3-14-12(15)7-11-9-17-6-4-13-11/h10-11,13H,3-9H2,1-2H3,(H,14,15). The number of ether oxygens (including phenoxy) is 1. The SMILES string of the molecule is CC(C)COCCNC(=O)CC1CSCCN1. The van der Waals surface area contributed by atoms with E-state index in [1.807, 2.05) is 11.8 Å². The molecule has 1 rings (SSSR count). The van der Waals surface area contributed by atoms with Gasteiger partial charge in [0.15, 0.2) is 0 Å². The molecule has 0 aliphatic carbocycles. The van der Waals surface area contributed by atoms with Crippen LogP contribution in [-0.2, 0) is 9.53 Å². The first-order valence-electron chi connectivity index (χ1n) is 6.34. The van der Waals surface area contributed by atoms with Crippen LogP contribution in [0.4, 0.5) is 0 Å². The Morgan fingerprint density at radius 2 is 2.41 bits per heavy atom. The molecule has 1 heterocycles. The quantitative estimate of drug-likeness (QED) is 0.667. The van der Waals surface area contributed by atoms with Gasteiger partial charge in [-0.1, -0.05) is 13.8 Å². The van der Waals surface area contributed by atoms with Crippen molar-refractivity contribution < 1.29 is 9.53 Å². The number of thioether (sulfide) groups is 1. The van der Waals surface area contributed by atoms with Crippen LogP contribution in [0.25, 0.3) is 0 Å². The van der Waals surface area contributed by atoms with E-state index >= 15 is 0 Å². The Labute approximate surface area is 108 Å². The van der Waals surface area contributed by atoms with Crippen molar-refractivity contribution in [2.45, 2.75) is 26.3 Å². The van der Waals surface area contributed by atoms with Crippen LogP contribution < -0.4 is 10.6 Å². The Bertz CT molecular complexity index is 219. The number of carbonyl (C=O) groups excluding carboxylic acids is 1. The van der Waals surface area contributed by atoms with E-state index in [0.29, 0.717) is 31.5 Å². The highest BCUT2D eigenvalue weighted by molar-refractivity contribution is 7.99. The van der Waals surface area contributed by atoms with E-state index < -0.39 is 0 Å². The van der Waals surface area contributed by atoms with Crippen molar-refractivity contribution in [2.24, 2.45) is 5.92 Å². The van der Waals surface area contributed by atoms with Crippen molar-refractivity contribution in [1.82, 2.24) is 10.6 Å². The normalized spacial score (nSPS) is 20.5. The molecule has 0 spiro atoms. The first kappa shape index (κ1) is 14.8. The molecule has 0 aromatic heterocycles. The van der Waals surface area contributed by atoms with E-state index in [1.54, 1.807) is 0 Å². The average molecular weight is 260 g/mol. The highest BCUT2D eigenvalue weighted by atomic mass is 32.2. The summed E-state index contributed by atoms with van der Waals surface area (Å²) in [6.45, 7) is 7.23. The molecule has 5 heteroatoms. The van der Waals surface area contributed by atoms with Crippen molar-refractivity contribution in [3.05, 3.63) is 0 Å². The van der Waals surface area contributed by atoms with Gasteiger partial charge in [0.2, 0.25) is 5.91 Å². The molecule has 100 valence electrons. The molecular formula is C12H24N2O2S. The maximum absolute atomic E-state index is 11.6. The van der Waals surface area contributed by atoms with E-state index in [-0.39, 0.29) is 5.91 Å². The average Bonchev–Trinajstić information content (AvgIpc) is 2.29. The molecule has 17 heavy (non-hydrogen) atoms. The van der Waals surface area contributed by atoms with Gasteiger partial charge >= 0.3 is 0 Å². The molecule has 1 saturated heterocycles. The summed E-state index contributed by atoms with van der Waals surface area (Å²) >= 11 is 1.91. The van der Waals surface area contributed by atoms with Crippen molar-refractivity contribution in [1.29, 1.82) is 0 Å². The zero-order valence-electron chi connectivity index (χ0n) is 10.8. The lowest BCUT2D eigenvalue weighted by Gasteiger charge is -2.22. The number of amides is 1. The number of carbonyl (C=O) groups is 1. The third-order valence-electron chi connectivity index (χ3n) is 2.45. The highest BCUT2D eigenvalue weighted by Crippen LogP contribution is 2.09. The molecule has 0 aromatic carbocycles. The third-order valence-corrected chi connectivity index (χ3v) is 3.58. The Hall–Kier alpha value is -0.260. The monoisotopic (exact) mass is 260 g/mol. The summed E-state index contributed by atoms with van der Waals surface area (Å²) in [4.78, 5) is 11.6. The maximum Gasteiger partial charge on any atom is 0.221 e. The van der Waals surface area contributed by atoms with Gasteiger partial charge in [0.1, 0.15) is 0 Å². The van der Waals surface area contributed by atoms with Gasteiger partial charge in [-0.15, -0.1) is 0 Å². The second kappa shape index (κ2) is 8.78. The lowest BCUT2D eigenvalue weighted by molar-refractivity contribution is -0.121. The minimum absolute atomic E-state index is 0.123. The second-order valence-corrected chi connectivity index (χ2v) is 5.90. The number of nitrogens with one attached hydrogen (secondary N) is 2. The van der Waals surface area contributed by atoms with Gasteiger partial charge in [-0.25, -0.2) is 0 Å². The van der Waals surface area contributed by atoms with Crippen LogP contribution in [-0.4, -0.2) is 49.8 Å².